The Kier molecular flexibility index (Phi) is 9.53. The highest BCUT2D eigenvalue weighted by Gasteiger charge is 2.12. The monoisotopic (exact) mass is 476 g/mol. The van der Waals surface area contributed by atoms with Gasteiger partial charge in [-0.2, -0.15) is 0 Å². The van der Waals surface area contributed by atoms with E-state index in [1.807, 2.05) is 36.5 Å². The van der Waals surface area contributed by atoms with Crippen molar-refractivity contribution >= 4 is 33.7 Å². The minimum Gasteiger partial charge on any atom is -0.481 e. The number of unbranched alkanes of at least 4 members (excludes halogenated alkanes) is 2. The van der Waals surface area contributed by atoms with E-state index in [1.165, 1.54) is 19.0 Å². The third-order valence-electron chi connectivity index (χ3n) is 6.15. The Morgan fingerprint density at radius 3 is 1.66 bits per heavy atom. The molecular weight excluding hydrogens is 440 g/mol. The van der Waals surface area contributed by atoms with Crippen molar-refractivity contribution < 1.29 is 19.4 Å². The lowest BCUT2D eigenvalue weighted by Crippen LogP contribution is -2.04. The van der Waals surface area contributed by atoms with Crippen LogP contribution in [0, 0.1) is 0 Å². The average Bonchev–Trinajstić information content (AvgIpc) is 3.39. The summed E-state index contributed by atoms with van der Waals surface area (Å²) in [5.74, 6) is -0.961. The van der Waals surface area contributed by atoms with Crippen LogP contribution in [0.15, 0.2) is 60.9 Å². The molecule has 0 saturated carbocycles. The van der Waals surface area contributed by atoms with Gasteiger partial charge in [0.1, 0.15) is 0 Å². The highest BCUT2D eigenvalue weighted by Crippen LogP contribution is 2.23. The number of rotatable bonds is 10. The van der Waals surface area contributed by atoms with E-state index in [9.17, 15) is 9.59 Å². The third kappa shape index (κ3) is 6.75. The molecule has 0 unspecified atom stereocenters. The molecule has 2 aromatic carbocycles. The summed E-state index contributed by atoms with van der Waals surface area (Å²) in [4.78, 5) is 22.2. The van der Waals surface area contributed by atoms with Crippen molar-refractivity contribution in [3.8, 4) is 0 Å². The number of carboxylic acids is 1. The molecule has 35 heavy (non-hydrogen) atoms. The van der Waals surface area contributed by atoms with Crippen LogP contribution in [0.4, 0.5) is 0 Å². The molecule has 0 saturated heterocycles. The van der Waals surface area contributed by atoms with Crippen LogP contribution in [-0.4, -0.2) is 33.3 Å². The Morgan fingerprint density at radius 2 is 1.23 bits per heavy atom. The Labute approximate surface area is 207 Å². The second kappa shape index (κ2) is 12.8. The largest absolute Gasteiger partial charge is 0.481 e. The van der Waals surface area contributed by atoms with Gasteiger partial charge in [0.2, 0.25) is 0 Å². The number of fused-ring (bicyclic) bond motifs is 2. The zero-order valence-electron chi connectivity index (χ0n) is 21.0. The molecule has 0 radical (unpaired) electrons. The molecule has 0 fully saturated rings. The predicted molar refractivity (Wildman–Crippen MR) is 141 cm³/mol. The summed E-state index contributed by atoms with van der Waals surface area (Å²) in [6.45, 7) is 6.29. The normalized spacial score (nSPS) is 10.8. The van der Waals surface area contributed by atoms with Gasteiger partial charge in [-0.1, -0.05) is 63.1 Å². The van der Waals surface area contributed by atoms with Crippen LogP contribution in [0.3, 0.4) is 0 Å². The number of aliphatic carboxylic acids is 1. The summed E-state index contributed by atoms with van der Waals surface area (Å²) < 4.78 is 9.14. The van der Waals surface area contributed by atoms with E-state index in [1.54, 1.807) is 0 Å². The first-order valence-electron chi connectivity index (χ1n) is 12.4. The van der Waals surface area contributed by atoms with Crippen molar-refractivity contribution in [3.05, 3.63) is 72.1 Å². The van der Waals surface area contributed by atoms with E-state index in [0.717, 1.165) is 59.8 Å². The van der Waals surface area contributed by atoms with Crippen LogP contribution in [0.1, 0.15) is 50.7 Å². The van der Waals surface area contributed by atoms with Gasteiger partial charge in [0.15, 0.2) is 0 Å². The van der Waals surface area contributed by atoms with Gasteiger partial charge in [-0.3, -0.25) is 9.59 Å². The summed E-state index contributed by atoms with van der Waals surface area (Å²) in [7, 11) is 1.43. The number of carboxylic acid groups (broad SMARTS) is 1. The second-order valence-electron chi connectivity index (χ2n) is 8.76. The highest BCUT2D eigenvalue weighted by molar-refractivity contribution is 5.88. The molecule has 0 bridgehead atoms. The van der Waals surface area contributed by atoms with Gasteiger partial charge in [0, 0.05) is 47.3 Å². The highest BCUT2D eigenvalue weighted by atomic mass is 16.5. The van der Waals surface area contributed by atoms with Crippen LogP contribution in [0.2, 0.25) is 0 Å². The SMILES string of the molecule is CCCCn1cc(CC(=O)O)c2ccccc21.CCCCn1cc(CC(=O)OC)c2ccccc21. The maximum Gasteiger partial charge on any atom is 0.310 e. The lowest BCUT2D eigenvalue weighted by molar-refractivity contribution is -0.140. The van der Waals surface area contributed by atoms with Crippen LogP contribution < -0.4 is 0 Å². The van der Waals surface area contributed by atoms with E-state index in [-0.39, 0.29) is 12.4 Å². The second-order valence-corrected chi connectivity index (χ2v) is 8.76. The Hall–Kier alpha value is -3.54. The number of hydrogen-bond donors (Lipinski definition) is 1. The summed E-state index contributed by atoms with van der Waals surface area (Å²) in [6, 6.07) is 16.2. The Bertz CT molecular complexity index is 1270. The maximum atomic E-state index is 11.4. The molecule has 0 amide bonds. The lowest BCUT2D eigenvalue weighted by Gasteiger charge is -2.02. The van der Waals surface area contributed by atoms with Crippen molar-refractivity contribution in [1.82, 2.24) is 9.13 Å². The van der Waals surface area contributed by atoms with Crippen LogP contribution in [0.25, 0.3) is 21.8 Å². The van der Waals surface area contributed by atoms with E-state index >= 15 is 0 Å². The molecule has 2 aromatic heterocycles. The van der Waals surface area contributed by atoms with E-state index < -0.39 is 5.97 Å². The van der Waals surface area contributed by atoms with Crippen molar-refractivity contribution in [3.63, 3.8) is 0 Å². The lowest BCUT2D eigenvalue weighted by atomic mass is 10.1. The molecule has 0 aliphatic heterocycles. The van der Waals surface area contributed by atoms with Gasteiger partial charge in [-0.05, 0) is 36.1 Å². The van der Waals surface area contributed by atoms with Crippen molar-refractivity contribution in [2.45, 2.75) is 65.5 Å². The van der Waals surface area contributed by atoms with Gasteiger partial charge in [0.25, 0.3) is 0 Å². The number of carbonyl (C=O) groups excluding carboxylic acids is 1. The standard InChI is InChI=1S/C15H19NO2.C14H17NO2/c1-3-4-9-16-11-12(10-15(17)18-2)13-7-5-6-8-14(13)16;1-2-3-8-15-10-11(9-14(16)17)12-6-4-5-7-13(12)15/h5-8,11H,3-4,9-10H2,1-2H3;4-7,10H,2-3,8-9H2,1H3,(H,16,17). The van der Waals surface area contributed by atoms with E-state index in [4.69, 9.17) is 9.84 Å². The zero-order valence-corrected chi connectivity index (χ0v) is 21.0. The fourth-order valence-corrected chi connectivity index (χ4v) is 4.34. The molecule has 6 nitrogen and oxygen atoms in total. The predicted octanol–water partition coefficient (Wildman–Crippen LogP) is 6.23. The van der Waals surface area contributed by atoms with Crippen molar-refractivity contribution in [2.75, 3.05) is 7.11 Å². The minimum atomic E-state index is -0.775. The number of para-hydroxylation sites is 2. The first-order valence-corrected chi connectivity index (χ1v) is 12.4. The van der Waals surface area contributed by atoms with Crippen LogP contribution in [0.5, 0.6) is 0 Å². The molecule has 4 aromatic rings. The number of ether oxygens (including phenoxy) is 1. The van der Waals surface area contributed by atoms with E-state index in [0.29, 0.717) is 6.42 Å². The maximum absolute atomic E-state index is 11.4. The molecule has 0 aliphatic rings. The van der Waals surface area contributed by atoms with Gasteiger partial charge in [-0.15, -0.1) is 0 Å². The molecule has 1 N–H and O–H groups in total. The average molecular weight is 477 g/mol. The van der Waals surface area contributed by atoms with Gasteiger partial charge < -0.3 is 19.0 Å². The molecule has 4 rings (SSSR count). The van der Waals surface area contributed by atoms with Crippen LogP contribution in [-0.2, 0) is 40.3 Å². The molecule has 0 spiro atoms. The van der Waals surface area contributed by atoms with Gasteiger partial charge in [-0.25, -0.2) is 0 Å². The number of aromatic nitrogens is 2. The quantitative estimate of drug-likeness (QED) is 0.276. The molecule has 2 heterocycles. The zero-order chi connectivity index (χ0) is 25.2. The molecule has 186 valence electrons. The molecular formula is C29H36N2O4. The fraction of sp³-hybridized carbons (Fsp3) is 0.379. The fourth-order valence-electron chi connectivity index (χ4n) is 4.34. The summed E-state index contributed by atoms with van der Waals surface area (Å²) in [5.41, 5.74) is 4.29. The Balaban J connectivity index is 0.000000196. The third-order valence-corrected chi connectivity index (χ3v) is 6.15. The number of benzene rings is 2. The van der Waals surface area contributed by atoms with Gasteiger partial charge >= 0.3 is 11.9 Å². The first-order chi connectivity index (χ1) is 17.0. The summed E-state index contributed by atoms with van der Waals surface area (Å²) >= 11 is 0. The number of nitrogens with zero attached hydrogens (tertiary/aromatic N) is 2. The van der Waals surface area contributed by atoms with Crippen LogP contribution >= 0.6 is 0 Å². The number of aryl methyl sites for hydroxylation is 2. The molecule has 0 aliphatic carbocycles. The topological polar surface area (TPSA) is 73.5 Å². The van der Waals surface area contributed by atoms with E-state index in [2.05, 4.69) is 47.4 Å². The number of methoxy groups -OCH3 is 1. The molecule has 6 heteroatoms. The number of esters is 1. The summed E-state index contributed by atoms with van der Waals surface area (Å²) in [5, 5.41) is 11.1. The van der Waals surface area contributed by atoms with Crippen molar-refractivity contribution in [2.24, 2.45) is 0 Å². The molecule has 0 atom stereocenters. The first kappa shape index (κ1) is 26.1. The smallest absolute Gasteiger partial charge is 0.310 e. The van der Waals surface area contributed by atoms with Gasteiger partial charge in [0.05, 0.1) is 20.0 Å². The van der Waals surface area contributed by atoms with Crippen molar-refractivity contribution in [1.29, 1.82) is 0 Å². The minimum absolute atomic E-state index is 0.0969. The summed E-state index contributed by atoms with van der Waals surface area (Å²) in [6.07, 6.45) is 9.07. The number of hydrogen-bond acceptors (Lipinski definition) is 3. The Morgan fingerprint density at radius 1 is 0.771 bits per heavy atom. The number of carbonyl (C=O) groups is 2.